The van der Waals surface area contributed by atoms with Crippen molar-refractivity contribution in [2.24, 2.45) is 7.05 Å². The minimum atomic E-state index is -0.513. The molecule has 1 aromatic heterocycles. The highest BCUT2D eigenvalue weighted by Gasteiger charge is 2.32. The quantitative estimate of drug-likeness (QED) is 0.466. The van der Waals surface area contributed by atoms with E-state index in [1.807, 2.05) is 0 Å². The Bertz CT molecular complexity index is 1210. The molecule has 1 atom stereocenters. The van der Waals surface area contributed by atoms with Gasteiger partial charge in [0.15, 0.2) is 16.7 Å². The van der Waals surface area contributed by atoms with Crippen LogP contribution in [0, 0.1) is 5.82 Å². The number of methoxy groups -OCH3 is 1. The van der Waals surface area contributed by atoms with Crippen LogP contribution in [-0.2, 0) is 17.6 Å². The number of hydrogen-bond acceptors (Lipinski definition) is 6. The number of fused-ring (bicyclic) bond motifs is 1. The lowest BCUT2D eigenvalue weighted by Crippen LogP contribution is -2.33. The number of carbonyl (C=O) groups excluding carboxylic acids is 1. The van der Waals surface area contributed by atoms with E-state index >= 15 is 0 Å². The summed E-state index contributed by atoms with van der Waals surface area (Å²) in [6, 6.07) is 10.9. The van der Waals surface area contributed by atoms with Crippen LogP contribution in [-0.4, -0.2) is 27.7 Å². The fourth-order valence-electron chi connectivity index (χ4n) is 3.59. The lowest BCUT2D eigenvalue weighted by atomic mass is 9.86. The number of rotatable bonds is 5. The molecule has 0 bridgehead atoms. The summed E-state index contributed by atoms with van der Waals surface area (Å²) in [5, 5.41) is 13.1. The number of aromatic nitrogens is 2. The van der Waals surface area contributed by atoms with Crippen LogP contribution >= 0.6 is 11.8 Å². The molecule has 1 aliphatic rings. The second kappa shape index (κ2) is 8.43. The molecule has 7 nitrogen and oxygen atoms in total. The number of nitrogens with zero attached hydrogens (tertiary/aromatic N) is 2. The number of halogens is 1. The van der Waals surface area contributed by atoms with Crippen molar-refractivity contribution in [3.8, 4) is 11.5 Å². The Morgan fingerprint density at radius 2 is 2.00 bits per heavy atom. The van der Waals surface area contributed by atoms with Crippen LogP contribution in [0.25, 0.3) is 0 Å². The Kier molecular flexibility index (Phi) is 5.69. The standard InChI is InChI=1S/C22H20FN3O4S/c1-26-20-19(21(29)25-22(26)31-11-12-3-6-14(23)7-4-12)15(10-18(28)24-20)13-5-8-16(27)17(9-13)30-2/h3-9,15,27H,10-11H2,1-2H3,(H,24,28)/t15-/m0/s1. The van der Waals surface area contributed by atoms with Crippen LogP contribution in [0.1, 0.15) is 29.0 Å². The smallest absolute Gasteiger partial charge is 0.279 e. The topological polar surface area (TPSA) is 93.5 Å². The molecule has 0 unspecified atom stereocenters. The summed E-state index contributed by atoms with van der Waals surface area (Å²) < 4.78 is 20.0. The van der Waals surface area contributed by atoms with Crippen LogP contribution in [0.15, 0.2) is 52.4 Å². The van der Waals surface area contributed by atoms with Crippen molar-refractivity contribution in [3.05, 3.63) is 75.3 Å². The summed E-state index contributed by atoms with van der Waals surface area (Å²) in [5.74, 6) is 0.0845. The molecule has 0 spiro atoms. The number of benzene rings is 2. The Morgan fingerprint density at radius 1 is 1.26 bits per heavy atom. The molecule has 2 heterocycles. The fourth-order valence-corrected chi connectivity index (χ4v) is 4.51. The molecular weight excluding hydrogens is 421 g/mol. The highest BCUT2D eigenvalue weighted by Crippen LogP contribution is 2.39. The zero-order chi connectivity index (χ0) is 22.1. The van der Waals surface area contributed by atoms with Crippen LogP contribution in [0.5, 0.6) is 11.5 Å². The first-order chi connectivity index (χ1) is 14.9. The first kappa shape index (κ1) is 20.9. The zero-order valence-electron chi connectivity index (χ0n) is 16.9. The molecule has 4 rings (SSSR count). The predicted molar refractivity (Wildman–Crippen MR) is 115 cm³/mol. The van der Waals surface area contributed by atoms with Gasteiger partial charge in [0.25, 0.3) is 5.56 Å². The number of anilines is 1. The van der Waals surface area contributed by atoms with Crippen LogP contribution in [0.3, 0.4) is 0 Å². The SMILES string of the molecule is COc1cc([C@@H]2CC(=O)Nc3c2c(=O)nc(SCc2ccc(F)cc2)n3C)ccc1O. The van der Waals surface area contributed by atoms with Gasteiger partial charge in [-0.2, -0.15) is 4.98 Å². The number of aromatic hydroxyl groups is 1. The third kappa shape index (κ3) is 4.13. The molecule has 31 heavy (non-hydrogen) atoms. The van der Waals surface area contributed by atoms with Crippen molar-refractivity contribution >= 4 is 23.5 Å². The van der Waals surface area contributed by atoms with E-state index in [4.69, 9.17) is 4.74 Å². The van der Waals surface area contributed by atoms with Gasteiger partial charge in [0.1, 0.15) is 11.6 Å². The van der Waals surface area contributed by atoms with Crippen LogP contribution in [0.4, 0.5) is 10.2 Å². The van der Waals surface area contributed by atoms with Gasteiger partial charge in [-0.3, -0.25) is 9.59 Å². The molecule has 0 saturated heterocycles. The summed E-state index contributed by atoms with van der Waals surface area (Å²) in [7, 11) is 3.17. The van der Waals surface area contributed by atoms with Crippen LogP contribution in [0.2, 0.25) is 0 Å². The maximum atomic E-state index is 13.1. The van der Waals surface area contributed by atoms with Gasteiger partial charge in [0, 0.05) is 25.1 Å². The first-order valence-corrected chi connectivity index (χ1v) is 10.5. The predicted octanol–water partition coefficient (Wildman–Crippen LogP) is 3.40. The maximum Gasteiger partial charge on any atom is 0.279 e. The second-order valence-corrected chi connectivity index (χ2v) is 8.11. The van der Waals surface area contributed by atoms with Gasteiger partial charge in [-0.15, -0.1) is 0 Å². The number of phenolic OH excluding ortho intramolecular Hbond substituents is 1. The summed E-state index contributed by atoms with van der Waals surface area (Å²) in [5.41, 5.74) is 1.53. The molecule has 0 saturated carbocycles. The average Bonchev–Trinajstić information content (AvgIpc) is 2.76. The molecule has 1 amide bonds. The molecule has 2 aromatic carbocycles. The maximum absolute atomic E-state index is 13.1. The number of ether oxygens (including phenoxy) is 1. The minimum absolute atomic E-state index is 0.0229. The van der Waals surface area contributed by atoms with Crippen LogP contribution < -0.4 is 15.6 Å². The van der Waals surface area contributed by atoms with Gasteiger partial charge in [-0.25, -0.2) is 4.39 Å². The molecule has 0 radical (unpaired) electrons. The molecule has 1 aliphatic heterocycles. The number of amides is 1. The van der Waals surface area contributed by atoms with Gasteiger partial charge >= 0.3 is 0 Å². The zero-order valence-corrected chi connectivity index (χ0v) is 17.7. The van der Waals surface area contributed by atoms with Gasteiger partial charge in [-0.05, 0) is 35.4 Å². The highest BCUT2D eigenvalue weighted by atomic mass is 32.2. The Morgan fingerprint density at radius 3 is 2.71 bits per heavy atom. The van der Waals surface area contributed by atoms with Gasteiger partial charge in [-0.1, -0.05) is 30.0 Å². The van der Waals surface area contributed by atoms with E-state index in [2.05, 4.69) is 10.3 Å². The molecule has 9 heteroatoms. The number of phenols is 1. The Hall–Kier alpha value is -3.33. The lowest BCUT2D eigenvalue weighted by molar-refractivity contribution is -0.116. The Labute approximate surface area is 181 Å². The van der Waals surface area contributed by atoms with Crippen molar-refractivity contribution in [2.75, 3.05) is 12.4 Å². The summed E-state index contributed by atoms with van der Waals surface area (Å²) >= 11 is 1.32. The molecule has 2 N–H and O–H groups in total. The third-order valence-corrected chi connectivity index (χ3v) is 6.29. The number of thioether (sulfide) groups is 1. The summed E-state index contributed by atoms with van der Waals surface area (Å²) in [6.45, 7) is 0. The van der Waals surface area contributed by atoms with E-state index in [1.54, 1.807) is 35.9 Å². The Balaban J connectivity index is 1.71. The van der Waals surface area contributed by atoms with E-state index in [0.29, 0.717) is 27.9 Å². The number of carbonyl (C=O) groups is 1. The molecule has 160 valence electrons. The van der Waals surface area contributed by atoms with E-state index in [9.17, 15) is 19.1 Å². The fraction of sp³-hybridized carbons (Fsp3) is 0.227. The van der Waals surface area contributed by atoms with Gasteiger partial charge in [0.2, 0.25) is 5.91 Å². The minimum Gasteiger partial charge on any atom is -0.504 e. The van der Waals surface area contributed by atoms with Gasteiger partial charge < -0.3 is 19.7 Å². The molecular formula is C22H20FN3O4S. The molecule has 0 aliphatic carbocycles. The van der Waals surface area contributed by atoms with Crippen molar-refractivity contribution in [1.82, 2.24) is 9.55 Å². The summed E-state index contributed by atoms with van der Waals surface area (Å²) in [4.78, 5) is 29.7. The van der Waals surface area contributed by atoms with E-state index < -0.39 is 11.5 Å². The third-order valence-electron chi connectivity index (χ3n) is 5.19. The van der Waals surface area contributed by atoms with Gasteiger partial charge in [0.05, 0.1) is 12.7 Å². The highest BCUT2D eigenvalue weighted by molar-refractivity contribution is 7.98. The second-order valence-electron chi connectivity index (χ2n) is 7.17. The van der Waals surface area contributed by atoms with E-state index in [-0.39, 0.29) is 29.6 Å². The van der Waals surface area contributed by atoms with Crippen molar-refractivity contribution < 1.29 is 19.0 Å². The first-order valence-electron chi connectivity index (χ1n) is 9.52. The van der Waals surface area contributed by atoms with Crippen molar-refractivity contribution in [2.45, 2.75) is 23.2 Å². The normalized spacial score (nSPS) is 15.3. The van der Waals surface area contributed by atoms with E-state index in [0.717, 1.165) is 5.56 Å². The van der Waals surface area contributed by atoms with Crippen molar-refractivity contribution in [3.63, 3.8) is 0 Å². The monoisotopic (exact) mass is 441 g/mol. The van der Waals surface area contributed by atoms with Crippen molar-refractivity contribution in [1.29, 1.82) is 0 Å². The average molecular weight is 441 g/mol. The molecule has 0 fully saturated rings. The number of nitrogens with one attached hydrogen (secondary N) is 1. The lowest BCUT2D eigenvalue weighted by Gasteiger charge is -2.27. The van der Waals surface area contributed by atoms with E-state index in [1.165, 1.54) is 37.1 Å². The molecule has 3 aromatic rings. The number of hydrogen-bond donors (Lipinski definition) is 2. The summed E-state index contributed by atoms with van der Waals surface area (Å²) in [6.07, 6.45) is 0.0833. The largest absolute Gasteiger partial charge is 0.504 e.